The fourth-order valence-corrected chi connectivity index (χ4v) is 2.01. The van der Waals surface area contributed by atoms with E-state index in [2.05, 4.69) is 5.16 Å². The van der Waals surface area contributed by atoms with E-state index in [0.29, 0.717) is 31.1 Å². The number of rotatable bonds is 6. The normalized spacial score (nSPS) is 10.5. The number of benzene rings is 1. The van der Waals surface area contributed by atoms with Crippen molar-refractivity contribution < 1.29 is 9.32 Å². The lowest BCUT2D eigenvalue weighted by molar-refractivity contribution is 0.0751. The van der Waals surface area contributed by atoms with Crippen molar-refractivity contribution in [1.82, 2.24) is 10.1 Å². The highest BCUT2D eigenvalue weighted by Crippen LogP contribution is 2.08. The van der Waals surface area contributed by atoms with Gasteiger partial charge in [0.25, 0.3) is 5.91 Å². The van der Waals surface area contributed by atoms with Crippen molar-refractivity contribution in [2.75, 3.05) is 19.6 Å². The van der Waals surface area contributed by atoms with E-state index in [1.807, 2.05) is 30.3 Å². The van der Waals surface area contributed by atoms with Crippen LogP contribution in [0.15, 0.2) is 40.9 Å². The Kier molecular flexibility index (Phi) is 4.90. The molecule has 0 unspecified atom stereocenters. The van der Waals surface area contributed by atoms with Gasteiger partial charge in [-0.25, -0.2) is 0 Å². The van der Waals surface area contributed by atoms with Crippen LogP contribution in [0.5, 0.6) is 0 Å². The van der Waals surface area contributed by atoms with Crippen molar-refractivity contribution in [2.45, 2.75) is 13.3 Å². The van der Waals surface area contributed by atoms with Gasteiger partial charge in [-0.2, -0.15) is 0 Å². The zero-order valence-electron chi connectivity index (χ0n) is 11.6. The maximum atomic E-state index is 12.3. The van der Waals surface area contributed by atoms with Gasteiger partial charge >= 0.3 is 0 Å². The Balaban J connectivity index is 2.01. The Morgan fingerprint density at radius 2 is 2.05 bits per heavy atom. The Hall–Kier alpha value is -2.14. The maximum absolute atomic E-state index is 12.3. The van der Waals surface area contributed by atoms with Crippen LogP contribution in [0.3, 0.4) is 0 Å². The molecule has 1 heterocycles. The van der Waals surface area contributed by atoms with Gasteiger partial charge in [-0.05, 0) is 18.9 Å². The number of hydrogen-bond donors (Lipinski definition) is 1. The monoisotopic (exact) mass is 273 g/mol. The Morgan fingerprint density at radius 1 is 1.30 bits per heavy atom. The fraction of sp³-hybridized carbons (Fsp3) is 0.333. The molecule has 0 radical (unpaired) electrons. The van der Waals surface area contributed by atoms with Crippen LogP contribution in [0, 0.1) is 6.92 Å². The van der Waals surface area contributed by atoms with Gasteiger partial charge in [-0.15, -0.1) is 0 Å². The first-order chi connectivity index (χ1) is 9.70. The van der Waals surface area contributed by atoms with Gasteiger partial charge in [0.1, 0.15) is 5.76 Å². The van der Waals surface area contributed by atoms with Gasteiger partial charge in [0.15, 0.2) is 5.69 Å². The van der Waals surface area contributed by atoms with Crippen molar-refractivity contribution in [3.8, 4) is 0 Å². The minimum absolute atomic E-state index is 0.136. The third-order valence-corrected chi connectivity index (χ3v) is 3.05. The molecule has 0 aliphatic heterocycles. The lowest BCUT2D eigenvalue weighted by Gasteiger charge is -2.20. The van der Waals surface area contributed by atoms with E-state index in [9.17, 15) is 4.79 Å². The van der Waals surface area contributed by atoms with Crippen LogP contribution in [0.4, 0.5) is 0 Å². The van der Waals surface area contributed by atoms with E-state index in [4.69, 9.17) is 10.3 Å². The number of hydrogen-bond acceptors (Lipinski definition) is 4. The van der Waals surface area contributed by atoms with Crippen LogP contribution >= 0.6 is 0 Å². The van der Waals surface area contributed by atoms with Gasteiger partial charge in [-0.3, -0.25) is 4.79 Å². The Bertz CT molecular complexity index is 551. The molecule has 0 fully saturated rings. The lowest BCUT2D eigenvalue weighted by atomic mass is 10.1. The zero-order chi connectivity index (χ0) is 14.4. The standard InChI is InChI=1S/C15H19N3O2/c1-12-11-14(17-20-12)15(19)18(10-8-16)9-7-13-5-3-2-4-6-13/h2-6,11H,7-10,16H2,1H3. The number of nitrogens with two attached hydrogens (primary N) is 1. The number of aromatic nitrogens is 1. The molecule has 1 aromatic carbocycles. The molecule has 2 rings (SSSR count). The van der Waals surface area contributed by atoms with Gasteiger partial charge in [0.2, 0.25) is 0 Å². The molecule has 5 nitrogen and oxygen atoms in total. The molecule has 0 atom stereocenters. The molecule has 0 saturated carbocycles. The second-order valence-corrected chi connectivity index (χ2v) is 4.64. The Morgan fingerprint density at radius 3 is 2.65 bits per heavy atom. The minimum Gasteiger partial charge on any atom is -0.361 e. The predicted octanol–water partition coefficient (Wildman–Crippen LogP) is 1.63. The van der Waals surface area contributed by atoms with Crippen molar-refractivity contribution in [1.29, 1.82) is 0 Å². The van der Waals surface area contributed by atoms with Gasteiger partial charge in [0.05, 0.1) is 0 Å². The highest BCUT2D eigenvalue weighted by molar-refractivity contribution is 5.92. The number of carbonyl (C=O) groups excluding carboxylic acids is 1. The molecule has 106 valence electrons. The molecule has 1 aromatic heterocycles. The van der Waals surface area contributed by atoms with Crippen LogP contribution in [-0.2, 0) is 6.42 Å². The van der Waals surface area contributed by atoms with Crippen molar-refractivity contribution in [3.63, 3.8) is 0 Å². The first kappa shape index (κ1) is 14.3. The zero-order valence-corrected chi connectivity index (χ0v) is 11.6. The minimum atomic E-state index is -0.136. The predicted molar refractivity (Wildman–Crippen MR) is 76.3 cm³/mol. The number of aryl methyl sites for hydroxylation is 1. The maximum Gasteiger partial charge on any atom is 0.276 e. The Labute approximate surface area is 118 Å². The van der Waals surface area contributed by atoms with E-state index >= 15 is 0 Å². The van der Waals surface area contributed by atoms with Gasteiger partial charge < -0.3 is 15.2 Å². The highest BCUT2D eigenvalue weighted by Gasteiger charge is 2.18. The molecule has 5 heteroatoms. The quantitative estimate of drug-likeness (QED) is 0.868. The smallest absolute Gasteiger partial charge is 0.276 e. The molecule has 0 bridgehead atoms. The number of amides is 1. The van der Waals surface area contributed by atoms with E-state index in [-0.39, 0.29) is 5.91 Å². The summed E-state index contributed by atoms with van der Waals surface area (Å²) < 4.78 is 4.95. The molecule has 2 aromatic rings. The van der Waals surface area contributed by atoms with E-state index < -0.39 is 0 Å². The van der Waals surface area contributed by atoms with Crippen LogP contribution in [0.1, 0.15) is 21.8 Å². The lowest BCUT2D eigenvalue weighted by Crippen LogP contribution is -2.37. The van der Waals surface area contributed by atoms with Crippen LogP contribution in [0.2, 0.25) is 0 Å². The summed E-state index contributed by atoms with van der Waals surface area (Å²) in [5.74, 6) is 0.493. The third-order valence-electron chi connectivity index (χ3n) is 3.05. The molecular formula is C15H19N3O2. The van der Waals surface area contributed by atoms with E-state index in [1.54, 1.807) is 17.9 Å². The molecule has 2 N–H and O–H groups in total. The summed E-state index contributed by atoms with van der Waals surface area (Å²) in [6, 6.07) is 11.7. The summed E-state index contributed by atoms with van der Waals surface area (Å²) in [6.45, 7) is 3.32. The first-order valence-corrected chi connectivity index (χ1v) is 6.67. The first-order valence-electron chi connectivity index (χ1n) is 6.67. The highest BCUT2D eigenvalue weighted by atomic mass is 16.5. The van der Waals surface area contributed by atoms with Crippen LogP contribution in [-0.4, -0.2) is 35.6 Å². The summed E-state index contributed by atoms with van der Waals surface area (Å²) in [6.07, 6.45) is 0.795. The third kappa shape index (κ3) is 3.68. The summed E-state index contributed by atoms with van der Waals surface area (Å²) in [7, 11) is 0. The van der Waals surface area contributed by atoms with Gasteiger partial charge in [-0.1, -0.05) is 35.5 Å². The molecule has 1 amide bonds. The largest absolute Gasteiger partial charge is 0.361 e. The van der Waals surface area contributed by atoms with E-state index in [1.165, 1.54) is 5.56 Å². The van der Waals surface area contributed by atoms with Crippen molar-refractivity contribution in [3.05, 3.63) is 53.4 Å². The van der Waals surface area contributed by atoms with Crippen molar-refractivity contribution >= 4 is 5.91 Å². The van der Waals surface area contributed by atoms with Crippen molar-refractivity contribution in [2.24, 2.45) is 5.73 Å². The average molecular weight is 273 g/mol. The topological polar surface area (TPSA) is 72.4 Å². The molecule has 0 spiro atoms. The van der Waals surface area contributed by atoms with Crippen LogP contribution in [0.25, 0.3) is 0 Å². The SMILES string of the molecule is Cc1cc(C(=O)N(CCN)CCc2ccccc2)no1. The van der Waals surface area contributed by atoms with Crippen LogP contribution < -0.4 is 5.73 Å². The molecule has 0 saturated heterocycles. The summed E-state index contributed by atoms with van der Waals surface area (Å²) in [5, 5.41) is 3.77. The average Bonchev–Trinajstić information content (AvgIpc) is 2.90. The summed E-state index contributed by atoms with van der Waals surface area (Å²) in [4.78, 5) is 14.0. The van der Waals surface area contributed by atoms with E-state index in [0.717, 1.165) is 6.42 Å². The second-order valence-electron chi connectivity index (χ2n) is 4.64. The molecule has 20 heavy (non-hydrogen) atoms. The summed E-state index contributed by atoms with van der Waals surface area (Å²) >= 11 is 0. The fourth-order valence-electron chi connectivity index (χ4n) is 2.01. The summed E-state index contributed by atoms with van der Waals surface area (Å²) in [5.41, 5.74) is 7.11. The molecule has 0 aliphatic rings. The molecule has 0 aliphatic carbocycles. The second kappa shape index (κ2) is 6.86. The number of carbonyl (C=O) groups is 1. The number of nitrogens with zero attached hydrogens (tertiary/aromatic N) is 2. The molecular weight excluding hydrogens is 254 g/mol. The van der Waals surface area contributed by atoms with Gasteiger partial charge in [0, 0.05) is 25.7 Å².